The van der Waals surface area contributed by atoms with Crippen LogP contribution in [0.1, 0.15) is 15.9 Å². The Labute approximate surface area is 158 Å². The van der Waals surface area contributed by atoms with E-state index in [0.717, 1.165) is 22.2 Å². The molecule has 0 saturated carbocycles. The molecular formula is C19H14N2O5S. The van der Waals surface area contributed by atoms with Gasteiger partial charge in [0, 0.05) is 5.69 Å². The predicted molar refractivity (Wildman–Crippen MR) is 101 cm³/mol. The number of nitrogens with zero attached hydrogens (tertiary/aromatic N) is 1. The van der Waals surface area contributed by atoms with Crippen LogP contribution in [0.15, 0.2) is 59.5 Å². The van der Waals surface area contributed by atoms with Crippen LogP contribution < -0.4 is 5.32 Å². The number of hydrogen-bond acceptors (Lipinski definition) is 5. The van der Waals surface area contributed by atoms with Gasteiger partial charge in [0.1, 0.15) is 6.54 Å². The normalized spacial score (nSPS) is 15.3. The Morgan fingerprint density at radius 3 is 2.52 bits per heavy atom. The molecule has 1 aliphatic heterocycles. The minimum atomic E-state index is -1.12. The molecule has 1 saturated heterocycles. The fourth-order valence-corrected chi connectivity index (χ4v) is 3.25. The molecule has 7 nitrogen and oxygen atoms in total. The number of carboxylic acids is 1. The molecule has 3 rings (SSSR count). The van der Waals surface area contributed by atoms with Crippen LogP contribution in [0.5, 0.6) is 0 Å². The first-order chi connectivity index (χ1) is 12.9. The van der Waals surface area contributed by atoms with Gasteiger partial charge < -0.3 is 10.4 Å². The number of anilines is 1. The molecule has 1 heterocycles. The molecule has 0 unspecified atom stereocenters. The van der Waals surface area contributed by atoms with Crippen LogP contribution in [0.2, 0.25) is 0 Å². The van der Waals surface area contributed by atoms with E-state index in [1.807, 2.05) is 18.2 Å². The van der Waals surface area contributed by atoms with E-state index in [1.54, 1.807) is 18.2 Å². The summed E-state index contributed by atoms with van der Waals surface area (Å²) in [5.41, 5.74) is 1.06. The first-order valence-electron chi connectivity index (χ1n) is 7.87. The van der Waals surface area contributed by atoms with E-state index >= 15 is 0 Å². The number of benzene rings is 2. The van der Waals surface area contributed by atoms with E-state index in [4.69, 9.17) is 5.11 Å². The Morgan fingerprint density at radius 2 is 1.81 bits per heavy atom. The quantitative estimate of drug-likeness (QED) is 0.771. The number of carbonyl (C=O) groups excluding carboxylic acids is 3. The summed E-state index contributed by atoms with van der Waals surface area (Å²) in [6, 6.07) is 14.8. The largest absolute Gasteiger partial charge is 0.478 e. The first-order valence-corrected chi connectivity index (χ1v) is 8.69. The zero-order valence-electron chi connectivity index (χ0n) is 13.9. The second kappa shape index (κ2) is 7.88. The van der Waals surface area contributed by atoms with Gasteiger partial charge in [-0.15, -0.1) is 0 Å². The molecule has 2 aromatic carbocycles. The number of carbonyl (C=O) groups is 4. The zero-order chi connectivity index (χ0) is 19.4. The molecule has 1 aliphatic rings. The number of amides is 3. The van der Waals surface area contributed by atoms with Crippen molar-refractivity contribution in [1.82, 2.24) is 4.90 Å². The summed E-state index contributed by atoms with van der Waals surface area (Å²) in [6.07, 6.45) is 1.60. The lowest BCUT2D eigenvalue weighted by Crippen LogP contribution is -2.36. The van der Waals surface area contributed by atoms with Crippen LogP contribution in [0.25, 0.3) is 6.08 Å². The van der Waals surface area contributed by atoms with Gasteiger partial charge in [0.05, 0.1) is 10.5 Å². The Bertz CT molecular complexity index is 956. The number of carboxylic acid groups (broad SMARTS) is 1. The second-order valence-corrected chi connectivity index (χ2v) is 6.61. The molecule has 0 radical (unpaired) electrons. The van der Waals surface area contributed by atoms with Crippen molar-refractivity contribution in [3.63, 3.8) is 0 Å². The van der Waals surface area contributed by atoms with Crippen molar-refractivity contribution in [2.24, 2.45) is 0 Å². The number of rotatable bonds is 5. The van der Waals surface area contributed by atoms with E-state index in [1.165, 1.54) is 24.3 Å². The highest BCUT2D eigenvalue weighted by Crippen LogP contribution is 2.32. The van der Waals surface area contributed by atoms with Crippen LogP contribution in [-0.2, 0) is 9.59 Å². The van der Waals surface area contributed by atoms with Gasteiger partial charge in [0.25, 0.3) is 11.1 Å². The van der Waals surface area contributed by atoms with Crippen molar-refractivity contribution in [3.8, 4) is 0 Å². The van der Waals surface area contributed by atoms with Crippen molar-refractivity contribution in [2.45, 2.75) is 0 Å². The Balaban J connectivity index is 1.68. The minimum absolute atomic E-state index is 0.0183. The highest BCUT2D eigenvalue weighted by molar-refractivity contribution is 8.18. The van der Waals surface area contributed by atoms with Gasteiger partial charge in [-0.3, -0.25) is 19.3 Å². The first kappa shape index (κ1) is 18.4. The molecule has 0 bridgehead atoms. The molecule has 0 aliphatic carbocycles. The average Bonchev–Trinajstić information content (AvgIpc) is 2.90. The van der Waals surface area contributed by atoms with Gasteiger partial charge in [-0.05, 0) is 41.6 Å². The monoisotopic (exact) mass is 382 g/mol. The fraction of sp³-hybridized carbons (Fsp3) is 0.0526. The lowest BCUT2D eigenvalue weighted by atomic mass is 10.2. The molecule has 2 aromatic rings. The number of hydrogen-bond donors (Lipinski definition) is 2. The van der Waals surface area contributed by atoms with Gasteiger partial charge >= 0.3 is 5.97 Å². The number of nitrogens with one attached hydrogen (secondary N) is 1. The summed E-state index contributed by atoms with van der Waals surface area (Å²) >= 11 is 0.772. The van der Waals surface area contributed by atoms with Crippen LogP contribution in [0.4, 0.5) is 10.5 Å². The van der Waals surface area contributed by atoms with Gasteiger partial charge in [-0.2, -0.15) is 0 Å². The van der Waals surface area contributed by atoms with Crippen molar-refractivity contribution >= 4 is 46.5 Å². The number of thioether (sulfide) groups is 1. The number of aromatic carboxylic acids is 1. The maximum Gasteiger partial charge on any atom is 0.335 e. The van der Waals surface area contributed by atoms with Crippen LogP contribution in [-0.4, -0.2) is 39.6 Å². The lowest BCUT2D eigenvalue weighted by Gasteiger charge is -2.12. The lowest BCUT2D eigenvalue weighted by molar-refractivity contribution is -0.127. The summed E-state index contributed by atoms with van der Waals surface area (Å²) in [5, 5.41) is 10.9. The molecule has 2 N–H and O–H groups in total. The molecule has 136 valence electrons. The maximum absolute atomic E-state index is 12.4. The Morgan fingerprint density at radius 1 is 1.07 bits per heavy atom. The summed E-state index contributed by atoms with van der Waals surface area (Å²) in [7, 11) is 0. The second-order valence-electron chi connectivity index (χ2n) is 5.61. The summed E-state index contributed by atoms with van der Waals surface area (Å²) < 4.78 is 0. The van der Waals surface area contributed by atoms with Gasteiger partial charge in [0.2, 0.25) is 5.91 Å². The molecule has 3 amide bonds. The third-order valence-corrected chi connectivity index (χ3v) is 4.57. The van der Waals surface area contributed by atoms with Gasteiger partial charge in [0.15, 0.2) is 0 Å². The predicted octanol–water partition coefficient (Wildman–Crippen LogP) is 3.06. The zero-order valence-corrected chi connectivity index (χ0v) is 14.7. The SMILES string of the molecule is O=C(CN1C(=O)S/C(=C/c2ccccc2)C1=O)Nc1cccc(C(=O)O)c1. The fourth-order valence-electron chi connectivity index (χ4n) is 2.41. The van der Waals surface area contributed by atoms with E-state index < -0.39 is 29.6 Å². The molecule has 0 aromatic heterocycles. The van der Waals surface area contributed by atoms with Crippen molar-refractivity contribution in [1.29, 1.82) is 0 Å². The molecule has 0 atom stereocenters. The van der Waals surface area contributed by atoms with Gasteiger partial charge in [-0.1, -0.05) is 36.4 Å². The van der Waals surface area contributed by atoms with Gasteiger partial charge in [-0.25, -0.2) is 4.79 Å². The van der Waals surface area contributed by atoms with Crippen LogP contribution >= 0.6 is 11.8 Å². The van der Waals surface area contributed by atoms with E-state index in [0.29, 0.717) is 0 Å². The van der Waals surface area contributed by atoms with Crippen molar-refractivity contribution < 1.29 is 24.3 Å². The summed E-state index contributed by atoms with van der Waals surface area (Å²) in [6.45, 7) is -0.450. The molecular weight excluding hydrogens is 368 g/mol. The van der Waals surface area contributed by atoms with E-state index in [9.17, 15) is 19.2 Å². The maximum atomic E-state index is 12.4. The van der Waals surface area contributed by atoms with E-state index in [-0.39, 0.29) is 16.2 Å². The van der Waals surface area contributed by atoms with Crippen LogP contribution in [0, 0.1) is 0 Å². The topological polar surface area (TPSA) is 104 Å². The highest BCUT2D eigenvalue weighted by Gasteiger charge is 2.36. The number of imide groups is 1. The average molecular weight is 382 g/mol. The standard InChI is InChI=1S/C19H14N2O5S/c22-16(20-14-8-4-7-13(10-14)18(24)25)11-21-17(23)15(27-19(21)26)9-12-5-2-1-3-6-12/h1-10H,11H2,(H,20,22)(H,24,25)/b15-9+. The van der Waals surface area contributed by atoms with Crippen molar-refractivity contribution in [2.75, 3.05) is 11.9 Å². The van der Waals surface area contributed by atoms with Crippen LogP contribution in [0.3, 0.4) is 0 Å². The smallest absolute Gasteiger partial charge is 0.335 e. The Hall–Kier alpha value is -3.39. The molecule has 1 fully saturated rings. The molecule has 8 heteroatoms. The Kier molecular flexibility index (Phi) is 5.37. The third kappa shape index (κ3) is 4.42. The van der Waals surface area contributed by atoms with Crippen molar-refractivity contribution in [3.05, 3.63) is 70.6 Å². The highest BCUT2D eigenvalue weighted by atomic mass is 32.2. The summed E-state index contributed by atoms with van der Waals surface area (Å²) in [5.74, 6) is -2.26. The minimum Gasteiger partial charge on any atom is -0.478 e. The third-order valence-electron chi connectivity index (χ3n) is 3.67. The summed E-state index contributed by atoms with van der Waals surface area (Å²) in [4.78, 5) is 48.7. The van der Waals surface area contributed by atoms with E-state index in [2.05, 4.69) is 5.32 Å². The molecule has 0 spiro atoms. The molecule has 27 heavy (non-hydrogen) atoms.